The van der Waals surface area contributed by atoms with Crippen LogP contribution in [0.25, 0.3) is 0 Å². The highest BCUT2D eigenvalue weighted by Crippen LogP contribution is 2.20. The number of amides is 2. The molecule has 0 saturated carbocycles. The molecular formula is C21H15F3N2O2. The first-order valence-electron chi connectivity index (χ1n) is 8.28. The van der Waals surface area contributed by atoms with E-state index in [4.69, 9.17) is 0 Å². The van der Waals surface area contributed by atoms with Crippen molar-refractivity contribution in [3.63, 3.8) is 0 Å². The summed E-state index contributed by atoms with van der Waals surface area (Å²) in [6.07, 6.45) is 0. The Labute approximate surface area is 159 Å². The van der Waals surface area contributed by atoms with E-state index in [1.54, 1.807) is 12.1 Å². The summed E-state index contributed by atoms with van der Waals surface area (Å²) in [4.78, 5) is 24.7. The third-order valence-electron chi connectivity index (χ3n) is 3.98. The van der Waals surface area contributed by atoms with Crippen molar-refractivity contribution in [2.45, 2.75) is 6.92 Å². The van der Waals surface area contributed by atoms with E-state index in [1.165, 1.54) is 24.3 Å². The Balaban J connectivity index is 1.77. The van der Waals surface area contributed by atoms with Crippen LogP contribution in [-0.4, -0.2) is 11.8 Å². The van der Waals surface area contributed by atoms with Gasteiger partial charge in [0.05, 0.1) is 5.69 Å². The third-order valence-corrected chi connectivity index (χ3v) is 3.98. The van der Waals surface area contributed by atoms with Crippen LogP contribution in [0.15, 0.2) is 60.7 Å². The molecule has 0 aliphatic heterocycles. The lowest BCUT2D eigenvalue weighted by Crippen LogP contribution is -2.16. The highest BCUT2D eigenvalue weighted by molar-refractivity contribution is 6.08. The zero-order valence-corrected chi connectivity index (χ0v) is 14.7. The standard InChI is InChI=1S/C21H15F3N2O2/c1-12-5-7-15(8-6-12)25-20(27)13-3-2-4-14(11-13)21(28)26-17-10-9-16(22)18(23)19(17)24/h2-11H,1H3,(H,25,27)(H,26,28). The van der Waals surface area contributed by atoms with Crippen molar-refractivity contribution in [1.82, 2.24) is 0 Å². The highest BCUT2D eigenvalue weighted by atomic mass is 19.2. The van der Waals surface area contributed by atoms with Crippen LogP contribution in [-0.2, 0) is 0 Å². The topological polar surface area (TPSA) is 58.2 Å². The zero-order chi connectivity index (χ0) is 20.3. The number of nitrogens with one attached hydrogen (secondary N) is 2. The van der Waals surface area contributed by atoms with Gasteiger partial charge in [0.25, 0.3) is 11.8 Å². The molecule has 0 saturated heterocycles. The van der Waals surface area contributed by atoms with Crippen LogP contribution >= 0.6 is 0 Å². The lowest BCUT2D eigenvalue weighted by atomic mass is 10.1. The Bertz CT molecular complexity index is 1050. The molecule has 0 spiro atoms. The van der Waals surface area contributed by atoms with Crippen molar-refractivity contribution in [2.75, 3.05) is 10.6 Å². The molecule has 0 bridgehead atoms. The summed E-state index contributed by atoms with van der Waals surface area (Å²) in [5.74, 6) is -5.73. The van der Waals surface area contributed by atoms with Crippen LogP contribution in [0, 0.1) is 24.4 Å². The van der Waals surface area contributed by atoms with Gasteiger partial charge in [-0.1, -0.05) is 23.8 Å². The largest absolute Gasteiger partial charge is 0.322 e. The lowest BCUT2D eigenvalue weighted by Gasteiger charge is -2.09. The van der Waals surface area contributed by atoms with Crippen molar-refractivity contribution in [2.24, 2.45) is 0 Å². The van der Waals surface area contributed by atoms with Crippen LogP contribution < -0.4 is 10.6 Å². The predicted octanol–water partition coefficient (Wildman–Crippen LogP) is 4.92. The van der Waals surface area contributed by atoms with Crippen molar-refractivity contribution in [3.05, 3.63) is 94.8 Å². The van der Waals surface area contributed by atoms with E-state index in [-0.39, 0.29) is 11.1 Å². The molecule has 0 heterocycles. The summed E-state index contributed by atoms with van der Waals surface area (Å²) in [7, 11) is 0. The van der Waals surface area contributed by atoms with Gasteiger partial charge in [-0.05, 0) is 49.4 Å². The van der Waals surface area contributed by atoms with Crippen LogP contribution in [0.3, 0.4) is 0 Å². The summed E-state index contributed by atoms with van der Waals surface area (Å²) in [5.41, 5.74) is 1.40. The Hall–Kier alpha value is -3.61. The van der Waals surface area contributed by atoms with E-state index in [0.29, 0.717) is 11.8 Å². The highest BCUT2D eigenvalue weighted by Gasteiger charge is 2.17. The van der Waals surface area contributed by atoms with Crippen LogP contribution in [0.1, 0.15) is 26.3 Å². The number of hydrogen-bond acceptors (Lipinski definition) is 2. The molecule has 7 heteroatoms. The molecule has 0 radical (unpaired) electrons. The molecule has 2 N–H and O–H groups in total. The smallest absolute Gasteiger partial charge is 0.255 e. The average Bonchev–Trinajstić information content (AvgIpc) is 2.70. The summed E-state index contributed by atoms with van der Waals surface area (Å²) < 4.78 is 40.0. The molecule has 4 nitrogen and oxygen atoms in total. The molecule has 0 unspecified atom stereocenters. The molecule has 0 atom stereocenters. The Morgan fingerprint density at radius 1 is 0.750 bits per heavy atom. The summed E-state index contributed by atoms with van der Waals surface area (Å²) >= 11 is 0. The van der Waals surface area contributed by atoms with Crippen molar-refractivity contribution in [3.8, 4) is 0 Å². The first-order valence-corrected chi connectivity index (χ1v) is 8.28. The van der Waals surface area contributed by atoms with Crippen LogP contribution in [0.5, 0.6) is 0 Å². The molecule has 0 fully saturated rings. The van der Waals surface area contributed by atoms with E-state index >= 15 is 0 Å². The molecule has 3 aromatic carbocycles. The summed E-state index contributed by atoms with van der Waals surface area (Å²) in [6.45, 7) is 1.92. The van der Waals surface area contributed by atoms with Gasteiger partial charge < -0.3 is 10.6 Å². The number of carbonyl (C=O) groups is 2. The molecule has 0 aromatic heterocycles. The van der Waals surface area contributed by atoms with Crippen LogP contribution in [0.4, 0.5) is 24.5 Å². The van der Waals surface area contributed by atoms with Gasteiger partial charge in [-0.3, -0.25) is 9.59 Å². The zero-order valence-electron chi connectivity index (χ0n) is 14.7. The van der Waals surface area contributed by atoms with Crippen molar-refractivity contribution >= 4 is 23.2 Å². The fourth-order valence-electron chi connectivity index (χ4n) is 2.46. The van der Waals surface area contributed by atoms with E-state index in [2.05, 4.69) is 10.6 Å². The second-order valence-electron chi connectivity index (χ2n) is 6.08. The molecule has 0 aliphatic carbocycles. The van der Waals surface area contributed by atoms with E-state index in [1.807, 2.05) is 19.1 Å². The third kappa shape index (κ3) is 4.20. The lowest BCUT2D eigenvalue weighted by molar-refractivity contribution is 0.102. The van der Waals surface area contributed by atoms with Gasteiger partial charge in [0.2, 0.25) is 0 Å². The number of hydrogen-bond donors (Lipinski definition) is 2. The monoisotopic (exact) mass is 384 g/mol. The van der Waals surface area contributed by atoms with Gasteiger partial charge in [0.15, 0.2) is 17.5 Å². The Kier molecular flexibility index (Phi) is 5.44. The van der Waals surface area contributed by atoms with Gasteiger partial charge in [-0.15, -0.1) is 0 Å². The van der Waals surface area contributed by atoms with E-state index in [9.17, 15) is 22.8 Å². The number of anilines is 2. The Morgan fingerprint density at radius 3 is 2.00 bits per heavy atom. The van der Waals surface area contributed by atoms with Crippen molar-refractivity contribution in [1.29, 1.82) is 0 Å². The SMILES string of the molecule is Cc1ccc(NC(=O)c2cccc(C(=O)Nc3ccc(F)c(F)c3F)c2)cc1. The fraction of sp³-hybridized carbons (Fsp3) is 0.0476. The van der Waals surface area contributed by atoms with Gasteiger partial charge >= 0.3 is 0 Å². The first kappa shape index (κ1) is 19.2. The number of benzene rings is 3. The quantitative estimate of drug-likeness (QED) is 0.628. The number of carbonyl (C=O) groups excluding carboxylic acids is 2. The normalized spacial score (nSPS) is 10.4. The minimum absolute atomic E-state index is 0.0562. The second kappa shape index (κ2) is 7.96. The van der Waals surface area contributed by atoms with Gasteiger partial charge in [0, 0.05) is 16.8 Å². The molecule has 2 amide bonds. The fourth-order valence-corrected chi connectivity index (χ4v) is 2.46. The maximum Gasteiger partial charge on any atom is 0.255 e. The van der Waals surface area contributed by atoms with Gasteiger partial charge in [-0.2, -0.15) is 0 Å². The molecular weight excluding hydrogens is 369 g/mol. The molecule has 3 rings (SSSR count). The minimum Gasteiger partial charge on any atom is -0.322 e. The number of aryl methyl sites for hydroxylation is 1. The first-order chi connectivity index (χ1) is 13.3. The predicted molar refractivity (Wildman–Crippen MR) is 99.8 cm³/mol. The van der Waals surface area contributed by atoms with Gasteiger partial charge in [0.1, 0.15) is 0 Å². The second-order valence-corrected chi connectivity index (χ2v) is 6.08. The number of rotatable bonds is 4. The average molecular weight is 384 g/mol. The molecule has 0 aliphatic rings. The van der Waals surface area contributed by atoms with E-state index < -0.39 is 35.0 Å². The molecule has 28 heavy (non-hydrogen) atoms. The van der Waals surface area contributed by atoms with E-state index in [0.717, 1.165) is 11.6 Å². The molecule has 142 valence electrons. The molecule has 3 aromatic rings. The summed E-state index contributed by atoms with van der Waals surface area (Å²) in [5, 5.41) is 4.87. The maximum absolute atomic E-state index is 13.7. The Morgan fingerprint density at radius 2 is 1.36 bits per heavy atom. The van der Waals surface area contributed by atoms with Crippen molar-refractivity contribution < 1.29 is 22.8 Å². The maximum atomic E-state index is 13.7. The summed E-state index contributed by atoms with van der Waals surface area (Å²) in [6, 6.07) is 14.5. The minimum atomic E-state index is -1.68. The van der Waals surface area contributed by atoms with Gasteiger partial charge in [-0.25, -0.2) is 13.2 Å². The van der Waals surface area contributed by atoms with Crippen LogP contribution in [0.2, 0.25) is 0 Å². The number of halogens is 3.